The fourth-order valence-electron chi connectivity index (χ4n) is 3.62. The first kappa shape index (κ1) is 19.9. The number of aryl methyl sites for hydroxylation is 1. The van der Waals surface area contributed by atoms with E-state index in [1.165, 1.54) is 10.6 Å². The first-order valence-electron chi connectivity index (χ1n) is 9.11. The van der Waals surface area contributed by atoms with Crippen LogP contribution < -0.4 is 0 Å². The van der Waals surface area contributed by atoms with E-state index in [4.69, 9.17) is 16.6 Å². The summed E-state index contributed by atoms with van der Waals surface area (Å²) in [5, 5.41) is 0.742. The van der Waals surface area contributed by atoms with Gasteiger partial charge in [-0.3, -0.25) is 4.40 Å². The molecule has 0 fully saturated rings. The number of fused-ring (bicyclic) bond motifs is 1. The predicted octanol–water partition coefficient (Wildman–Crippen LogP) is 7.94. The van der Waals surface area contributed by atoms with Crippen molar-refractivity contribution >= 4 is 44.9 Å². The molecule has 0 aliphatic rings. The van der Waals surface area contributed by atoms with Gasteiger partial charge in [0.2, 0.25) is 0 Å². The van der Waals surface area contributed by atoms with Crippen molar-refractivity contribution in [2.45, 2.75) is 6.92 Å². The fourth-order valence-corrected chi connectivity index (χ4v) is 4.73. The molecular formula is C24H18BrClN2S. The number of aromatic nitrogens is 2. The number of imidazole rings is 1. The highest BCUT2D eigenvalue weighted by Crippen LogP contribution is 2.40. The molecule has 3 aromatic carbocycles. The zero-order valence-corrected chi connectivity index (χ0v) is 19.0. The van der Waals surface area contributed by atoms with Crippen LogP contribution in [-0.4, -0.2) is 9.38 Å². The molecule has 0 saturated carbocycles. The topological polar surface area (TPSA) is 17.3 Å². The van der Waals surface area contributed by atoms with E-state index in [1.54, 1.807) is 11.3 Å². The minimum Gasteiger partial charge on any atom is -0.282 e. The van der Waals surface area contributed by atoms with Gasteiger partial charge in [-0.2, -0.15) is 0 Å². The van der Waals surface area contributed by atoms with Crippen LogP contribution in [0.15, 0.2) is 84.9 Å². The summed E-state index contributed by atoms with van der Waals surface area (Å²) in [6.07, 6.45) is 0. The van der Waals surface area contributed by atoms with E-state index in [1.807, 2.05) is 24.3 Å². The van der Waals surface area contributed by atoms with Crippen molar-refractivity contribution < 1.29 is 0 Å². The Morgan fingerprint density at radius 3 is 1.90 bits per heavy atom. The monoisotopic (exact) mass is 480 g/mol. The number of hydrogen-bond donors (Lipinski definition) is 0. The smallest absolute Gasteiger partial charge is 0.195 e. The maximum atomic E-state index is 6.13. The third-order valence-corrected chi connectivity index (χ3v) is 6.07. The quantitative estimate of drug-likeness (QED) is 0.256. The van der Waals surface area contributed by atoms with Crippen LogP contribution in [0.4, 0.5) is 0 Å². The molecule has 5 aromatic rings. The van der Waals surface area contributed by atoms with Crippen molar-refractivity contribution in [2.75, 3.05) is 0 Å². The van der Waals surface area contributed by atoms with Gasteiger partial charge in [-0.25, -0.2) is 4.98 Å². The van der Waals surface area contributed by atoms with Gasteiger partial charge in [0.25, 0.3) is 0 Å². The van der Waals surface area contributed by atoms with Gasteiger partial charge in [0.15, 0.2) is 4.96 Å². The molecule has 2 aromatic heterocycles. The van der Waals surface area contributed by atoms with E-state index < -0.39 is 0 Å². The van der Waals surface area contributed by atoms with Gasteiger partial charge in [0.05, 0.1) is 17.1 Å². The molecule has 0 unspecified atom stereocenters. The van der Waals surface area contributed by atoms with Crippen LogP contribution in [0.1, 0.15) is 4.88 Å². The summed E-state index contributed by atoms with van der Waals surface area (Å²) >= 11 is 7.85. The number of nitrogens with zero attached hydrogens (tertiary/aromatic N) is 2. The Kier molecular flexibility index (Phi) is 5.59. The highest BCUT2D eigenvalue weighted by Gasteiger charge is 2.22. The summed E-state index contributed by atoms with van der Waals surface area (Å²) in [5.41, 5.74) is 6.72. The van der Waals surface area contributed by atoms with E-state index in [9.17, 15) is 0 Å². The van der Waals surface area contributed by atoms with Crippen molar-refractivity contribution in [1.29, 1.82) is 0 Å². The number of benzene rings is 3. The molecule has 2 heterocycles. The summed E-state index contributed by atoms with van der Waals surface area (Å²) in [4.78, 5) is 7.28. The van der Waals surface area contributed by atoms with Gasteiger partial charge in [-0.1, -0.05) is 84.4 Å². The molecule has 0 aliphatic carbocycles. The third kappa shape index (κ3) is 3.52. The molecule has 0 atom stereocenters. The number of thiazole rings is 1. The third-order valence-electron chi connectivity index (χ3n) is 4.86. The van der Waals surface area contributed by atoms with Crippen molar-refractivity contribution in [2.24, 2.45) is 0 Å². The van der Waals surface area contributed by atoms with Gasteiger partial charge >= 0.3 is 0 Å². The number of rotatable bonds is 3. The Labute approximate surface area is 189 Å². The van der Waals surface area contributed by atoms with E-state index in [-0.39, 0.29) is 17.0 Å². The van der Waals surface area contributed by atoms with E-state index in [2.05, 4.69) is 72.0 Å². The minimum absolute atomic E-state index is 0. The average molecular weight is 482 g/mol. The largest absolute Gasteiger partial charge is 0.282 e. The number of halogens is 2. The minimum atomic E-state index is 0. The molecular weight excluding hydrogens is 464 g/mol. The lowest BCUT2D eigenvalue weighted by molar-refractivity contribution is 1.22. The molecule has 5 rings (SSSR count). The standard InChI is InChI=1S/C24H17ClN2S.BrH/c1-16-22(19-12-14-20(25)15-13-19)27-23(18-10-6-3-7-11-18)21(26-24(27)28-16)17-8-4-2-5-9-17;/h2-15H,1H3;1H. The molecule has 2 nitrogen and oxygen atoms in total. The molecule has 0 bridgehead atoms. The maximum Gasteiger partial charge on any atom is 0.195 e. The van der Waals surface area contributed by atoms with Crippen LogP contribution in [0.25, 0.3) is 38.7 Å². The van der Waals surface area contributed by atoms with Crippen molar-refractivity contribution in [3.05, 3.63) is 94.8 Å². The zero-order chi connectivity index (χ0) is 19.1. The molecule has 0 spiro atoms. The van der Waals surface area contributed by atoms with Crippen molar-refractivity contribution in [1.82, 2.24) is 9.38 Å². The Hall–Kier alpha value is -2.40. The van der Waals surface area contributed by atoms with E-state index in [0.29, 0.717) is 0 Å². The van der Waals surface area contributed by atoms with Gasteiger partial charge in [0, 0.05) is 21.0 Å². The van der Waals surface area contributed by atoms with E-state index >= 15 is 0 Å². The summed E-state index contributed by atoms with van der Waals surface area (Å²) in [5.74, 6) is 0. The van der Waals surface area contributed by atoms with Crippen LogP contribution in [0.2, 0.25) is 5.02 Å². The highest BCUT2D eigenvalue weighted by atomic mass is 79.9. The molecule has 0 radical (unpaired) electrons. The molecule has 0 saturated heterocycles. The van der Waals surface area contributed by atoms with Crippen LogP contribution >= 0.6 is 39.9 Å². The molecule has 144 valence electrons. The second-order valence-corrected chi connectivity index (χ2v) is 8.29. The highest BCUT2D eigenvalue weighted by molar-refractivity contribution is 8.93. The normalized spacial score (nSPS) is 10.8. The van der Waals surface area contributed by atoms with Gasteiger partial charge in [0.1, 0.15) is 0 Å². The zero-order valence-electron chi connectivity index (χ0n) is 15.7. The van der Waals surface area contributed by atoms with Gasteiger partial charge in [-0.05, 0) is 24.6 Å². The van der Waals surface area contributed by atoms with E-state index in [0.717, 1.165) is 38.1 Å². The number of hydrogen-bond acceptors (Lipinski definition) is 2. The first-order valence-corrected chi connectivity index (χ1v) is 10.3. The van der Waals surface area contributed by atoms with Crippen LogP contribution in [-0.2, 0) is 0 Å². The average Bonchev–Trinajstić information content (AvgIpc) is 3.24. The maximum absolute atomic E-state index is 6.13. The first-order chi connectivity index (χ1) is 13.7. The summed E-state index contributed by atoms with van der Waals surface area (Å²) in [7, 11) is 0. The van der Waals surface area contributed by atoms with Crippen LogP contribution in [0.5, 0.6) is 0 Å². The molecule has 0 aliphatic heterocycles. The predicted molar refractivity (Wildman–Crippen MR) is 129 cm³/mol. The second-order valence-electron chi connectivity index (χ2n) is 6.67. The Morgan fingerprint density at radius 2 is 1.28 bits per heavy atom. The van der Waals surface area contributed by atoms with Crippen molar-refractivity contribution in [3.63, 3.8) is 0 Å². The lowest BCUT2D eigenvalue weighted by atomic mass is 10.0. The SMILES string of the molecule is Br.Cc1sc2nc(-c3ccccc3)c(-c3ccccc3)n2c1-c1ccc(Cl)cc1. The van der Waals surface area contributed by atoms with Crippen LogP contribution in [0.3, 0.4) is 0 Å². The second kappa shape index (κ2) is 8.15. The fraction of sp³-hybridized carbons (Fsp3) is 0.0417. The Bertz CT molecular complexity index is 1260. The summed E-state index contributed by atoms with van der Waals surface area (Å²) in [6, 6.07) is 28.9. The molecule has 29 heavy (non-hydrogen) atoms. The Balaban J connectivity index is 0.00000205. The Morgan fingerprint density at radius 1 is 0.724 bits per heavy atom. The lowest BCUT2D eigenvalue weighted by Gasteiger charge is -2.09. The molecule has 5 heteroatoms. The van der Waals surface area contributed by atoms with Crippen molar-refractivity contribution in [3.8, 4) is 33.8 Å². The summed E-state index contributed by atoms with van der Waals surface area (Å²) in [6.45, 7) is 2.15. The van der Waals surface area contributed by atoms with Crippen LogP contribution in [0, 0.1) is 6.92 Å². The molecule has 0 N–H and O–H groups in total. The molecule has 0 amide bonds. The lowest BCUT2D eigenvalue weighted by Crippen LogP contribution is -1.93. The summed E-state index contributed by atoms with van der Waals surface area (Å²) < 4.78 is 2.29. The van der Waals surface area contributed by atoms with Gasteiger partial charge < -0.3 is 0 Å². The van der Waals surface area contributed by atoms with Gasteiger partial charge in [-0.15, -0.1) is 28.3 Å².